The van der Waals surface area contributed by atoms with Gasteiger partial charge in [-0.3, -0.25) is 0 Å². The molecule has 1 saturated heterocycles. The number of hydrogen-bond donors (Lipinski definition) is 1. The monoisotopic (exact) mass is 194 g/mol. The van der Waals surface area contributed by atoms with E-state index in [9.17, 15) is 0 Å². The highest BCUT2D eigenvalue weighted by Gasteiger charge is 2.23. The quantitative estimate of drug-likeness (QED) is 0.697. The number of hydrogen-bond acceptors (Lipinski definition) is 1. The molecular weight excluding hydrogens is 174 g/mol. The van der Waals surface area contributed by atoms with Crippen LogP contribution >= 0.6 is 0 Å². The molecule has 0 aromatic carbocycles. The fourth-order valence-corrected chi connectivity index (χ4v) is 2.21. The zero-order chi connectivity index (χ0) is 9.97. The van der Waals surface area contributed by atoms with E-state index in [0.29, 0.717) is 12.1 Å². The number of aryl methyl sites for hydroxylation is 1. The van der Waals surface area contributed by atoms with E-state index in [4.69, 9.17) is 0 Å². The first-order valence-corrected chi connectivity index (χ1v) is 5.53. The Hall–Kier alpha value is -0.830. The third-order valence-electron chi connectivity index (χ3n) is 3.19. The fourth-order valence-electron chi connectivity index (χ4n) is 2.21. The summed E-state index contributed by atoms with van der Waals surface area (Å²) in [6.45, 7) is 3.48. The lowest BCUT2D eigenvalue weighted by atomic mass is 9.99. The Morgan fingerprint density at radius 2 is 2.36 bits per heavy atom. The van der Waals surface area contributed by atoms with Gasteiger partial charge in [0.05, 0.1) is 7.05 Å². The summed E-state index contributed by atoms with van der Waals surface area (Å²) in [6.07, 6.45) is 10.4. The van der Waals surface area contributed by atoms with Gasteiger partial charge in [-0.05, 0) is 26.3 Å². The predicted octanol–water partition coefficient (Wildman–Crippen LogP) is 1.02. The Morgan fingerprint density at radius 1 is 1.50 bits per heavy atom. The van der Waals surface area contributed by atoms with Crippen molar-refractivity contribution in [2.45, 2.75) is 38.3 Å². The standard InChI is InChI=1S/C11H20N3/c1-10(11-5-3-4-6-12-11)14-8-7-13(2)9-14/h7-12H,3-6H2,1-2H3/q+1. The van der Waals surface area contributed by atoms with E-state index in [2.05, 4.69) is 47.1 Å². The van der Waals surface area contributed by atoms with Gasteiger partial charge in [0.2, 0.25) is 6.33 Å². The predicted molar refractivity (Wildman–Crippen MR) is 56.0 cm³/mol. The lowest BCUT2D eigenvalue weighted by molar-refractivity contribution is -0.671. The maximum absolute atomic E-state index is 3.60. The second-order valence-corrected chi connectivity index (χ2v) is 4.32. The number of imidazole rings is 1. The summed E-state index contributed by atoms with van der Waals surface area (Å²) in [6, 6.07) is 1.22. The molecule has 1 aliphatic heterocycles. The molecule has 2 heterocycles. The van der Waals surface area contributed by atoms with Crippen molar-refractivity contribution < 1.29 is 4.57 Å². The summed E-state index contributed by atoms with van der Waals surface area (Å²) in [5.41, 5.74) is 0. The molecule has 0 saturated carbocycles. The summed E-state index contributed by atoms with van der Waals surface area (Å²) in [4.78, 5) is 0. The first kappa shape index (κ1) is 9.71. The van der Waals surface area contributed by atoms with Crippen LogP contribution in [-0.4, -0.2) is 17.2 Å². The highest BCUT2D eigenvalue weighted by Crippen LogP contribution is 2.18. The van der Waals surface area contributed by atoms with Gasteiger partial charge in [0.15, 0.2) is 0 Å². The molecule has 2 rings (SSSR count). The number of aromatic nitrogens is 2. The van der Waals surface area contributed by atoms with E-state index < -0.39 is 0 Å². The van der Waals surface area contributed by atoms with E-state index >= 15 is 0 Å². The molecule has 1 aromatic heterocycles. The van der Waals surface area contributed by atoms with Crippen molar-refractivity contribution in [2.24, 2.45) is 7.05 Å². The second-order valence-electron chi connectivity index (χ2n) is 4.32. The largest absolute Gasteiger partial charge is 0.310 e. The minimum absolute atomic E-state index is 0.566. The first-order chi connectivity index (χ1) is 6.77. The Labute approximate surface area is 85.7 Å². The Bertz CT molecular complexity index is 286. The molecule has 2 atom stereocenters. The molecule has 1 aliphatic rings. The average molecular weight is 194 g/mol. The molecule has 78 valence electrons. The first-order valence-electron chi connectivity index (χ1n) is 5.53. The van der Waals surface area contributed by atoms with Crippen LogP contribution in [0, 0.1) is 0 Å². The highest BCUT2D eigenvalue weighted by atomic mass is 15.1. The van der Waals surface area contributed by atoms with Crippen LogP contribution in [-0.2, 0) is 7.05 Å². The van der Waals surface area contributed by atoms with Crippen molar-refractivity contribution in [2.75, 3.05) is 6.54 Å². The lowest BCUT2D eigenvalue weighted by Gasteiger charge is -2.26. The summed E-state index contributed by atoms with van der Waals surface area (Å²) >= 11 is 0. The van der Waals surface area contributed by atoms with Crippen LogP contribution in [0.1, 0.15) is 32.2 Å². The minimum Gasteiger partial charge on any atom is -0.310 e. The highest BCUT2D eigenvalue weighted by molar-refractivity contribution is 4.84. The van der Waals surface area contributed by atoms with Crippen LogP contribution in [0.2, 0.25) is 0 Å². The van der Waals surface area contributed by atoms with Gasteiger partial charge in [0.1, 0.15) is 18.4 Å². The average Bonchev–Trinajstić information content (AvgIpc) is 2.65. The maximum Gasteiger partial charge on any atom is 0.243 e. The normalized spacial score (nSPS) is 24.9. The molecule has 0 radical (unpaired) electrons. The van der Waals surface area contributed by atoms with Crippen molar-refractivity contribution in [1.82, 2.24) is 9.88 Å². The van der Waals surface area contributed by atoms with Crippen molar-refractivity contribution in [3.63, 3.8) is 0 Å². The molecule has 3 heteroatoms. The summed E-state index contributed by atoms with van der Waals surface area (Å²) in [7, 11) is 2.07. The van der Waals surface area contributed by atoms with Gasteiger partial charge in [-0.2, -0.15) is 0 Å². The molecule has 2 unspecified atom stereocenters. The van der Waals surface area contributed by atoms with Crippen LogP contribution in [0.4, 0.5) is 0 Å². The molecule has 0 bridgehead atoms. The van der Waals surface area contributed by atoms with Crippen molar-refractivity contribution in [3.05, 3.63) is 18.7 Å². The zero-order valence-electron chi connectivity index (χ0n) is 9.11. The van der Waals surface area contributed by atoms with Crippen LogP contribution in [0.25, 0.3) is 0 Å². The minimum atomic E-state index is 0.566. The smallest absolute Gasteiger partial charge is 0.243 e. The summed E-state index contributed by atoms with van der Waals surface area (Å²) < 4.78 is 4.39. The third-order valence-corrected chi connectivity index (χ3v) is 3.19. The number of piperidine rings is 1. The lowest BCUT2D eigenvalue weighted by Crippen LogP contribution is -2.40. The Balaban J connectivity index is 2.03. The third kappa shape index (κ3) is 1.98. The van der Waals surface area contributed by atoms with Gasteiger partial charge in [0, 0.05) is 6.04 Å². The van der Waals surface area contributed by atoms with E-state index in [1.54, 1.807) is 0 Å². The van der Waals surface area contributed by atoms with Gasteiger partial charge in [0.25, 0.3) is 0 Å². The topological polar surface area (TPSA) is 20.8 Å². The SMILES string of the molecule is CC(C1CCCCN1)n1cc[n+](C)c1. The molecule has 14 heavy (non-hydrogen) atoms. The molecule has 0 amide bonds. The zero-order valence-corrected chi connectivity index (χ0v) is 9.11. The van der Waals surface area contributed by atoms with Crippen molar-refractivity contribution in [1.29, 1.82) is 0 Å². The summed E-state index contributed by atoms with van der Waals surface area (Å²) in [5.74, 6) is 0. The van der Waals surface area contributed by atoms with E-state index in [0.717, 1.165) is 0 Å². The Morgan fingerprint density at radius 3 is 2.93 bits per heavy atom. The molecule has 0 spiro atoms. The number of rotatable bonds is 2. The maximum atomic E-state index is 3.60. The molecule has 0 aliphatic carbocycles. The van der Waals surface area contributed by atoms with Crippen LogP contribution in [0.5, 0.6) is 0 Å². The van der Waals surface area contributed by atoms with Crippen molar-refractivity contribution in [3.8, 4) is 0 Å². The molecule has 1 N–H and O–H groups in total. The summed E-state index contributed by atoms with van der Waals surface area (Å²) in [5, 5.41) is 3.60. The molecule has 3 nitrogen and oxygen atoms in total. The van der Waals surface area contributed by atoms with Crippen LogP contribution in [0.15, 0.2) is 18.7 Å². The Kier molecular flexibility index (Phi) is 2.87. The van der Waals surface area contributed by atoms with Crippen LogP contribution < -0.4 is 9.88 Å². The van der Waals surface area contributed by atoms with Gasteiger partial charge in [-0.25, -0.2) is 9.13 Å². The molecule has 1 fully saturated rings. The van der Waals surface area contributed by atoms with Crippen molar-refractivity contribution >= 4 is 0 Å². The van der Waals surface area contributed by atoms with Gasteiger partial charge in [-0.1, -0.05) is 6.42 Å². The number of nitrogens with one attached hydrogen (secondary N) is 1. The molecule has 1 aromatic rings. The van der Waals surface area contributed by atoms with Gasteiger partial charge < -0.3 is 5.32 Å². The number of nitrogens with zero attached hydrogens (tertiary/aromatic N) is 2. The van der Waals surface area contributed by atoms with Crippen LogP contribution in [0.3, 0.4) is 0 Å². The fraction of sp³-hybridized carbons (Fsp3) is 0.727. The van der Waals surface area contributed by atoms with Gasteiger partial charge >= 0.3 is 0 Å². The molecular formula is C11H20N3+. The van der Waals surface area contributed by atoms with Gasteiger partial charge in [-0.15, -0.1) is 0 Å². The second kappa shape index (κ2) is 4.13. The van der Waals surface area contributed by atoms with E-state index in [1.165, 1.54) is 25.8 Å². The van der Waals surface area contributed by atoms with E-state index in [-0.39, 0.29) is 0 Å². The van der Waals surface area contributed by atoms with E-state index in [1.807, 2.05) is 0 Å².